The normalized spacial score (nSPS) is 18.2. The van der Waals surface area contributed by atoms with Gasteiger partial charge in [0.05, 0.1) is 5.56 Å². The summed E-state index contributed by atoms with van der Waals surface area (Å²) in [6.07, 6.45) is -2.11. The van der Waals surface area contributed by atoms with Crippen LogP contribution in [0.1, 0.15) is 32.3 Å². The third-order valence-electron chi connectivity index (χ3n) is 4.04. The van der Waals surface area contributed by atoms with Gasteiger partial charge >= 0.3 is 6.18 Å². The maximum Gasteiger partial charge on any atom is 0.416 e. The van der Waals surface area contributed by atoms with Gasteiger partial charge in [-0.3, -0.25) is 4.99 Å². The summed E-state index contributed by atoms with van der Waals surface area (Å²) in [5.74, 6) is 0.993. The molecular formula is C15H19F3N2S. The van der Waals surface area contributed by atoms with E-state index in [1.54, 1.807) is 11.8 Å². The van der Waals surface area contributed by atoms with Gasteiger partial charge in [0.15, 0.2) is 5.17 Å². The Labute approximate surface area is 127 Å². The molecule has 0 radical (unpaired) electrons. The van der Waals surface area contributed by atoms with E-state index < -0.39 is 11.7 Å². The molecule has 0 spiro atoms. The van der Waals surface area contributed by atoms with Gasteiger partial charge in [-0.1, -0.05) is 25.6 Å². The van der Waals surface area contributed by atoms with E-state index in [-0.39, 0.29) is 5.41 Å². The van der Waals surface area contributed by atoms with Gasteiger partial charge in [-0.25, -0.2) is 0 Å². The standard InChI is InChI=1S/C15H19F3N2S/c1-3-14(4-2)9-19-13(21-10-14)20-12-7-5-11(6-8-12)15(16,17)18/h5-8H,3-4,9-10H2,1-2H3,(H,19,20). The molecule has 1 aromatic rings. The van der Waals surface area contributed by atoms with Crippen LogP contribution < -0.4 is 5.32 Å². The van der Waals surface area contributed by atoms with Crippen LogP contribution >= 0.6 is 11.8 Å². The van der Waals surface area contributed by atoms with Gasteiger partial charge < -0.3 is 5.32 Å². The van der Waals surface area contributed by atoms with Crippen molar-refractivity contribution in [1.29, 1.82) is 0 Å². The van der Waals surface area contributed by atoms with E-state index in [0.717, 1.165) is 42.4 Å². The van der Waals surface area contributed by atoms with E-state index in [0.29, 0.717) is 5.69 Å². The van der Waals surface area contributed by atoms with Gasteiger partial charge in [-0.2, -0.15) is 13.2 Å². The maximum atomic E-state index is 12.5. The predicted molar refractivity (Wildman–Crippen MR) is 82.8 cm³/mol. The second kappa shape index (κ2) is 6.30. The Balaban J connectivity index is 2.02. The molecule has 0 bridgehead atoms. The quantitative estimate of drug-likeness (QED) is 0.846. The minimum absolute atomic E-state index is 0.260. The first-order chi connectivity index (χ1) is 9.88. The van der Waals surface area contributed by atoms with Crippen molar-refractivity contribution in [3.05, 3.63) is 29.8 Å². The number of hydrogen-bond donors (Lipinski definition) is 1. The molecule has 2 rings (SSSR count). The van der Waals surface area contributed by atoms with Crippen molar-refractivity contribution < 1.29 is 13.2 Å². The first-order valence-electron chi connectivity index (χ1n) is 7.00. The highest BCUT2D eigenvalue weighted by molar-refractivity contribution is 8.14. The van der Waals surface area contributed by atoms with Gasteiger partial charge in [0.2, 0.25) is 0 Å². The Hall–Kier alpha value is -1.17. The summed E-state index contributed by atoms with van der Waals surface area (Å²) in [6, 6.07) is 5.04. The van der Waals surface area contributed by atoms with Crippen molar-refractivity contribution in [3.8, 4) is 0 Å². The number of alkyl halides is 3. The van der Waals surface area contributed by atoms with Crippen molar-refractivity contribution in [2.24, 2.45) is 10.4 Å². The summed E-state index contributed by atoms with van der Waals surface area (Å²) < 4.78 is 37.5. The van der Waals surface area contributed by atoms with Crippen LogP contribution in [0.15, 0.2) is 29.3 Å². The molecule has 116 valence electrons. The molecule has 1 N–H and O–H groups in total. The van der Waals surface area contributed by atoms with Crippen LogP contribution in [0.25, 0.3) is 0 Å². The molecule has 1 aliphatic heterocycles. The third-order valence-corrected chi connectivity index (χ3v) is 5.30. The van der Waals surface area contributed by atoms with E-state index in [1.807, 2.05) is 0 Å². The molecule has 0 atom stereocenters. The van der Waals surface area contributed by atoms with Crippen LogP contribution in [-0.4, -0.2) is 17.5 Å². The zero-order valence-corrected chi connectivity index (χ0v) is 12.9. The highest BCUT2D eigenvalue weighted by Crippen LogP contribution is 2.35. The molecule has 6 heteroatoms. The average Bonchev–Trinajstić information content (AvgIpc) is 2.48. The second-order valence-electron chi connectivity index (χ2n) is 5.32. The Bertz CT molecular complexity index is 505. The topological polar surface area (TPSA) is 24.4 Å². The Morgan fingerprint density at radius 2 is 1.81 bits per heavy atom. The van der Waals surface area contributed by atoms with Crippen molar-refractivity contribution in [2.75, 3.05) is 17.6 Å². The monoisotopic (exact) mass is 316 g/mol. The van der Waals surface area contributed by atoms with Crippen molar-refractivity contribution in [1.82, 2.24) is 0 Å². The lowest BCUT2D eigenvalue weighted by molar-refractivity contribution is -0.137. The molecular weight excluding hydrogens is 297 g/mol. The highest BCUT2D eigenvalue weighted by atomic mass is 32.2. The SMILES string of the molecule is CCC1(CC)CN=C(Nc2ccc(C(F)(F)F)cc2)SC1. The molecule has 0 saturated heterocycles. The largest absolute Gasteiger partial charge is 0.416 e. The number of amidine groups is 1. The lowest BCUT2D eigenvalue weighted by atomic mass is 9.84. The summed E-state index contributed by atoms with van der Waals surface area (Å²) >= 11 is 1.64. The number of hydrogen-bond acceptors (Lipinski definition) is 3. The number of rotatable bonds is 3. The molecule has 0 saturated carbocycles. The molecule has 2 nitrogen and oxygen atoms in total. The molecule has 1 aliphatic rings. The van der Waals surface area contributed by atoms with Gasteiger partial charge in [0.25, 0.3) is 0 Å². The first-order valence-corrected chi connectivity index (χ1v) is 7.98. The number of thioether (sulfide) groups is 1. The van der Waals surface area contributed by atoms with E-state index in [4.69, 9.17) is 0 Å². The number of halogens is 3. The summed E-state index contributed by atoms with van der Waals surface area (Å²) in [4.78, 5) is 4.54. The molecule has 0 fully saturated rings. The second-order valence-corrected chi connectivity index (χ2v) is 6.28. The van der Waals surface area contributed by atoms with Crippen molar-refractivity contribution >= 4 is 22.6 Å². The van der Waals surface area contributed by atoms with Crippen LogP contribution in [0.4, 0.5) is 18.9 Å². The first kappa shape index (κ1) is 16.2. The number of aliphatic imine (C=N–C) groups is 1. The highest BCUT2D eigenvalue weighted by Gasteiger charge is 2.31. The van der Waals surface area contributed by atoms with E-state index in [1.165, 1.54) is 12.1 Å². The molecule has 0 aliphatic carbocycles. The lowest BCUT2D eigenvalue weighted by Gasteiger charge is -2.33. The fourth-order valence-corrected chi connectivity index (χ4v) is 3.46. The van der Waals surface area contributed by atoms with Crippen LogP contribution in [0.2, 0.25) is 0 Å². The Morgan fingerprint density at radius 1 is 1.19 bits per heavy atom. The Kier molecular flexibility index (Phi) is 4.86. The fourth-order valence-electron chi connectivity index (χ4n) is 2.17. The minimum Gasteiger partial charge on any atom is -0.335 e. The van der Waals surface area contributed by atoms with Gasteiger partial charge in [0, 0.05) is 18.0 Å². The number of benzene rings is 1. The third kappa shape index (κ3) is 3.93. The number of nitrogens with zero attached hydrogens (tertiary/aromatic N) is 1. The summed E-state index contributed by atoms with van der Waals surface area (Å²) in [6.45, 7) is 5.12. The van der Waals surface area contributed by atoms with Crippen molar-refractivity contribution in [2.45, 2.75) is 32.9 Å². The van der Waals surface area contributed by atoms with E-state index >= 15 is 0 Å². The predicted octanol–water partition coefficient (Wildman–Crippen LogP) is 5.03. The summed E-state index contributed by atoms with van der Waals surface area (Å²) in [7, 11) is 0. The van der Waals surface area contributed by atoms with Crippen molar-refractivity contribution in [3.63, 3.8) is 0 Å². The van der Waals surface area contributed by atoms with E-state index in [9.17, 15) is 13.2 Å². The molecule has 1 heterocycles. The Morgan fingerprint density at radius 3 is 2.24 bits per heavy atom. The molecule has 0 amide bonds. The maximum absolute atomic E-state index is 12.5. The summed E-state index contributed by atoms with van der Waals surface area (Å²) in [5.41, 5.74) is 0.257. The molecule has 1 aromatic carbocycles. The smallest absolute Gasteiger partial charge is 0.335 e. The van der Waals surface area contributed by atoms with Crippen LogP contribution in [0.5, 0.6) is 0 Å². The lowest BCUT2D eigenvalue weighted by Crippen LogP contribution is -2.32. The van der Waals surface area contributed by atoms with Gasteiger partial charge in [-0.15, -0.1) is 0 Å². The zero-order valence-electron chi connectivity index (χ0n) is 12.1. The average molecular weight is 316 g/mol. The molecule has 0 unspecified atom stereocenters. The van der Waals surface area contributed by atoms with Crippen LogP contribution in [-0.2, 0) is 6.18 Å². The van der Waals surface area contributed by atoms with Gasteiger partial charge in [-0.05, 0) is 42.5 Å². The summed E-state index contributed by atoms with van der Waals surface area (Å²) in [5, 5.41) is 3.88. The zero-order chi connectivity index (χ0) is 15.5. The van der Waals surface area contributed by atoms with E-state index in [2.05, 4.69) is 24.2 Å². The molecule has 0 aromatic heterocycles. The number of anilines is 1. The van der Waals surface area contributed by atoms with Crippen LogP contribution in [0, 0.1) is 5.41 Å². The molecule has 21 heavy (non-hydrogen) atoms. The fraction of sp³-hybridized carbons (Fsp3) is 0.533. The number of nitrogens with one attached hydrogen (secondary N) is 1. The van der Waals surface area contributed by atoms with Crippen LogP contribution in [0.3, 0.4) is 0 Å². The minimum atomic E-state index is -4.29. The van der Waals surface area contributed by atoms with Gasteiger partial charge in [0.1, 0.15) is 0 Å².